The fraction of sp³-hybridized carbons (Fsp3) is 0.500. The number of nitrogens with zero attached hydrogens (tertiary/aromatic N) is 1. The van der Waals surface area contributed by atoms with E-state index in [4.69, 9.17) is 4.98 Å². The van der Waals surface area contributed by atoms with Gasteiger partial charge in [0.05, 0.1) is 0 Å². The number of hydrogen-bond acceptors (Lipinski definition) is 3. The summed E-state index contributed by atoms with van der Waals surface area (Å²) >= 11 is 0. The van der Waals surface area contributed by atoms with Crippen LogP contribution in [0.25, 0.3) is 0 Å². The zero-order valence-electron chi connectivity index (χ0n) is 18.1. The van der Waals surface area contributed by atoms with Crippen molar-refractivity contribution in [2.24, 2.45) is 5.41 Å². The first kappa shape index (κ1) is 23.9. The SMILES string of the molecule is Cc1c2c(nc(C(C)C)c1[C@@H](O)c1ccc(S(F)(F)(F)(F)F)cc1)CC(C)(C)CC2[O-]. The van der Waals surface area contributed by atoms with E-state index in [2.05, 4.69) is 0 Å². The zero-order valence-corrected chi connectivity index (χ0v) is 18.9. The molecular weight excluding hydrogens is 437 g/mol. The molecule has 0 aliphatic heterocycles. The molecule has 0 fully saturated rings. The Hall–Kier alpha value is -1.71. The summed E-state index contributed by atoms with van der Waals surface area (Å²) in [4.78, 5) is 2.68. The number of aliphatic hydroxyl groups excluding tert-OH is 1. The summed E-state index contributed by atoms with van der Waals surface area (Å²) in [6.07, 6.45) is -1.42. The molecule has 3 rings (SSSR count). The molecule has 174 valence electrons. The Labute approximate surface area is 179 Å². The van der Waals surface area contributed by atoms with Crippen molar-refractivity contribution in [3.8, 4) is 0 Å². The molecule has 9 heteroatoms. The molecule has 2 atom stereocenters. The maximum Gasteiger partial charge on any atom is 0.310 e. The monoisotopic (exact) mass is 464 g/mol. The van der Waals surface area contributed by atoms with Gasteiger partial charge in [0.2, 0.25) is 0 Å². The van der Waals surface area contributed by atoms with E-state index in [0.717, 1.165) is 12.1 Å². The van der Waals surface area contributed by atoms with E-state index in [0.29, 0.717) is 40.9 Å². The Morgan fingerprint density at radius 3 is 2.13 bits per heavy atom. The molecule has 1 unspecified atom stereocenters. The van der Waals surface area contributed by atoms with Gasteiger partial charge in [-0.2, -0.15) is 0 Å². The molecule has 1 aromatic carbocycles. The van der Waals surface area contributed by atoms with Crippen molar-refractivity contribution in [3.63, 3.8) is 0 Å². The topological polar surface area (TPSA) is 56.2 Å². The average Bonchev–Trinajstić information content (AvgIpc) is 2.57. The Morgan fingerprint density at radius 2 is 1.65 bits per heavy atom. The van der Waals surface area contributed by atoms with Gasteiger partial charge < -0.3 is 10.2 Å². The smallest absolute Gasteiger partial charge is 0.310 e. The lowest BCUT2D eigenvalue weighted by Gasteiger charge is -2.42. The second-order valence-corrected chi connectivity index (χ2v) is 11.9. The lowest BCUT2D eigenvalue weighted by atomic mass is 9.72. The molecule has 31 heavy (non-hydrogen) atoms. The standard InChI is InChI=1S/C22H27F5NO2S/c1-12(2)20-19(13(3)18-16(28-20)10-22(4,5)11-17(18)29)21(30)14-6-8-15(9-7-14)31(23,24,25,26)27/h6-9,12,17,21,30H,10-11H2,1-5H3/q-1/t17?,21-/m0/s1. The van der Waals surface area contributed by atoms with Crippen LogP contribution in [0.3, 0.4) is 0 Å². The number of aliphatic hydroxyl groups is 1. The van der Waals surface area contributed by atoms with Gasteiger partial charge in [0.1, 0.15) is 11.0 Å². The minimum Gasteiger partial charge on any atom is -0.848 e. The summed E-state index contributed by atoms with van der Waals surface area (Å²) in [7, 11) is -9.80. The Bertz CT molecular complexity index is 1020. The highest BCUT2D eigenvalue weighted by atomic mass is 32.5. The molecule has 2 aromatic rings. The first-order valence-corrected chi connectivity index (χ1v) is 12.0. The van der Waals surface area contributed by atoms with E-state index in [1.165, 1.54) is 0 Å². The highest BCUT2D eigenvalue weighted by Crippen LogP contribution is 3.02. The van der Waals surface area contributed by atoms with Gasteiger partial charge in [-0.1, -0.05) is 71.8 Å². The van der Waals surface area contributed by atoms with Crippen molar-refractivity contribution in [1.29, 1.82) is 0 Å². The molecule has 1 heterocycles. The number of aromatic nitrogens is 1. The molecule has 0 amide bonds. The first-order chi connectivity index (χ1) is 13.8. The summed E-state index contributed by atoms with van der Waals surface area (Å²) in [6.45, 7) is 9.43. The summed E-state index contributed by atoms with van der Waals surface area (Å²) in [5, 5.41) is 23.9. The van der Waals surface area contributed by atoms with E-state index in [1.807, 2.05) is 27.7 Å². The fourth-order valence-corrected chi connectivity index (χ4v) is 5.02. The van der Waals surface area contributed by atoms with Gasteiger partial charge in [-0.25, -0.2) is 0 Å². The third kappa shape index (κ3) is 4.73. The maximum atomic E-state index is 13.0. The molecule has 0 saturated heterocycles. The van der Waals surface area contributed by atoms with Gasteiger partial charge in [-0.05, 0) is 53.5 Å². The fourth-order valence-electron chi connectivity index (χ4n) is 4.37. The highest BCUT2D eigenvalue weighted by molar-refractivity contribution is 8.45. The lowest BCUT2D eigenvalue weighted by molar-refractivity contribution is -0.434. The molecule has 0 radical (unpaired) electrons. The maximum absolute atomic E-state index is 13.0. The van der Waals surface area contributed by atoms with Crippen LogP contribution in [0.15, 0.2) is 29.2 Å². The number of fused-ring (bicyclic) bond motifs is 1. The zero-order chi connectivity index (χ0) is 23.6. The second-order valence-electron chi connectivity index (χ2n) is 9.53. The highest BCUT2D eigenvalue weighted by Gasteiger charge is 2.65. The van der Waals surface area contributed by atoms with Crippen molar-refractivity contribution in [1.82, 2.24) is 4.98 Å². The van der Waals surface area contributed by atoms with Crippen LogP contribution < -0.4 is 5.11 Å². The van der Waals surface area contributed by atoms with E-state index in [-0.39, 0.29) is 29.0 Å². The van der Waals surface area contributed by atoms with Gasteiger partial charge in [-0.15, -0.1) is 0 Å². The van der Waals surface area contributed by atoms with Crippen molar-refractivity contribution in [3.05, 3.63) is 57.9 Å². The number of hydrogen-bond donors (Lipinski definition) is 1. The Kier molecular flexibility index (Phi) is 5.14. The molecule has 1 N–H and O–H groups in total. The van der Waals surface area contributed by atoms with Crippen LogP contribution in [0.5, 0.6) is 0 Å². The van der Waals surface area contributed by atoms with Gasteiger partial charge >= 0.3 is 10.2 Å². The molecule has 1 aliphatic carbocycles. The molecule has 1 aliphatic rings. The Morgan fingerprint density at radius 1 is 1.10 bits per heavy atom. The number of rotatable bonds is 4. The quantitative estimate of drug-likeness (QED) is 0.517. The molecule has 0 bridgehead atoms. The molecular formula is C22H27F5NO2S-. The van der Waals surface area contributed by atoms with Crippen molar-refractivity contribution < 1.29 is 29.6 Å². The minimum atomic E-state index is -9.80. The van der Waals surface area contributed by atoms with Crippen LogP contribution in [0.2, 0.25) is 0 Å². The minimum absolute atomic E-state index is 0.0240. The van der Waals surface area contributed by atoms with Crippen LogP contribution in [0.4, 0.5) is 19.4 Å². The second kappa shape index (κ2) is 6.65. The predicted octanol–water partition coefficient (Wildman–Crippen LogP) is 6.63. The van der Waals surface area contributed by atoms with E-state index in [1.54, 1.807) is 6.92 Å². The van der Waals surface area contributed by atoms with E-state index >= 15 is 0 Å². The average molecular weight is 465 g/mol. The number of pyridine rings is 1. The molecule has 1 aromatic heterocycles. The summed E-state index contributed by atoms with van der Waals surface area (Å²) in [5.41, 5.74) is 2.48. The molecule has 0 saturated carbocycles. The van der Waals surface area contributed by atoms with Crippen molar-refractivity contribution in [2.75, 3.05) is 0 Å². The number of halogens is 5. The largest absolute Gasteiger partial charge is 0.848 e. The summed E-state index contributed by atoms with van der Waals surface area (Å²) < 4.78 is 65.1. The van der Waals surface area contributed by atoms with E-state index in [9.17, 15) is 29.6 Å². The summed E-state index contributed by atoms with van der Waals surface area (Å²) in [5.74, 6) is -0.132. The van der Waals surface area contributed by atoms with Crippen molar-refractivity contribution >= 4 is 10.2 Å². The van der Waals surface area contributed by atoms with Crippen LogP contribution in [0.1, 0.15) is 85.9 Å². The lowest BCUT2D eigenvalue weighted by Crippen LogP contribution is -2.34. The van der Waals surface area contributed by atoms with Crippen LogP contribution >= 0.6 is 10.2 Å². The number of benzene rings is 1. The third-order valence-corrected chi connectivity index (χ3v) is 6.98. The summed E-state index contributed by atoms with van der Waals surface area (Å²) in [6, 6.07) is 2.27. The van der Waals surface area contributed by atoms with Crippen LogP contribution in [-0.4, -0.2) is 10.1 Å². The van der Waals surface area contributed by atoms with Gasteiger partial charge in [0.15, 0.2) is 0 Å². The molecule has 3 nitrogen and oxygen atoms in total. The first-order valence-electron chi connectivity index (χ1n) is 10.0. The van der Waals surface area contributed by atoms with Gasteiger partial charge in [-0.3, -0.25) is 4.98 Å². The van der Waals surface area contributed by atoms with Crippen LogP contribution in [0, 0.1) is 12.3 Å². The Balaban J connectivity index is 2.14. The normalized spacial score (nSPS) is 21.9. The van der Waals surface area contributed by atoms with Crippen LogP contribution in [-0.2, 0) is 6.42 Å². The van der Waals surface area contributed by atoms with Gasteiger partial charge in [0.25, 0.3) is 0 Å². The van der Waals surface area contributed by atoms with Gasteiger partial charge in [0, 0.05) is 17.0 Å². The van der Waals surface area contributed by atoms with E-state index < -0.39 is 27.3 Å². The molecule has 0 spiro atoms. The third-order valence-electron chi connectivity index (χ3n) is 5.82. The van der Waals surface area contributed by atoms with Crippen molar-refractivity contribution in [2.45, 2.75) is 70.5 Å². The predicted molar refractivity (Wildman–Crippen MR) is 110 cm³/mol.